The van der Waals surface area contributed by atoms with Gasteiger partial charge in [-0.2, -0.15) is 0 Å². The van der Waals surface area contributed by atoms with Crippen LogP contribution < -0.4 is 20.1 Å². The summed E-state index contributed by atoms with van der Waals surface area (Å²) in [4.78, 5) is 26.2. The molecule has 0 aliphatic carbocycles. The number of hydrogen-bond acceptors (Lipinski definition) is 5. The van der Waals surface area contributed by atoms with Gasteiger partial charge in [-0.3, -0.25) is 9.59 Å². The van der Waals surface area contributed by atoms with Crippen molar-refractivity contribution in [3.63, 3.8) is 0 Å². The minimum atomic E-state index is -0.786. The fourth-order valence-electron chi connectivity index (χ4n) is 3.08. The van der Waals surface area contributed by atoms with Crippen molar-refractivity contribution < 1.29 is 19.1 Å². The number of anilines is 1. The molecule has 6 nitrogen and oxygen atoms in total. The fraction of sp³-hybridized carbons (Fsp3) is 0.182. The van der Waals surface area contributed by atoms with E-state index in [9.17, 15) is 9.59 Å². The summed E-state index contributed by atoms with van der Waals surface area (Å²) in [6, 6.07) is 15.5. The summed E-state index contributed by atoms with van der Waals surface area (Å²) < 4.78 is 11.1. The standard InChI is InChI=1S/C22H19ClN2O4S/c23-15-12-18-19(29-9-8-28-18)13-16(15)24-21(26)17(11-14-5-2-1-3-6-14)25-22(27)20-7-4-10-30-20/h1-7,10,12-13,17H,8-9,11H2,(H,24,26)(H,25,27). The lowest BCUT2D eigenvalue weighted by Gasteiger charge is -2.22. The molecule has 3 aromatic rings. The predicted molar refractivity (Wildman–Crippen MR) is 117 cm³/mol. The molecule has 0 radical (unpaired) electrons. The van der Waals surface area contributed by atoms with E-state index >= 15 is 0 Å². The van der Waals surface area contributed by atoms with Gasteiger partial charge in [0.05, 0.1) is 15.6 Å². The molecule has 1 aliphatic heterocycles. The van der Waals surface area contributed by atoms with Gasteiger partial charge in [0, 0.05) is 18.6 Å². The van der Waals surface area contributed by atoms with Gasteiger partial charge in [0.1, 0.15) is 19.3 Å². The van der Waals surface area contributed by atoms with Crippen molar-refractivity contribution in [1.29, 1.82) is 0 Å². The first kappa shape index (κ1) is 20.3. The minimum absolute atomic E-state index is 0.297. The number of nitrogens with one attached hydrogen (secondary N) is 2. The maximum atomic E-state index is 13.1. The van der Waals surface area contributed by atoms with Crippen molar-refractivity contribution in [3.05, 3.63) is 75.4 Å². The summed E-state index contributed by atoms with van der Waals surface area (Å²) in [5, 5.41) is 7.79. The maximum absolute atomic E-state index is 13.1. The van der Waals surface area contributed by atoms with Crippen LogP contribution in [0.1, 0.15) is 15.2 Å². The van der Waals surface area contributed by atoms with E-state index in [0.717, 1.165) is 5.56 Å². The number of amides is 2. The summed E-state index contributed by atoms with van der Waals surface area (Å²) >= 11 is 7.64. The van der Waals surface area contributed by atoms with Crippen molar-refractivity contribution >= 4 is 40.4 Å². The molecule has 8 heteroatoms. The van der Waals surface area contributed by atoms with E-state index in [1.165, 1.54) is 11.3 Å². The molecule has 2 N–H and O–H groups in total. The number of fused-ring (bicyclic) bond motifs is 1. The molecule has 0 fully saturated rings. The van der Waals surface area contributed by atoms with Gasteiger partial charge in [-0.05, 0) is 17.0 Å². The van der Waals surface area contributed by atoms with Crippen LogP contribution in [0, 0.1) is 0 Å². The quantitative estimate of drug-likeness (QED) is 0.601. The van der Waals surface area contributed by atoms with Crippen LogP contribution in [0.4, 0.5) is 5.69 Å². The van der Waals surface area contributed by atoms with Gasteiger partial charge in [-0.15, -0.1) is 11.3 Å². The zero-order valence-electron chi connectivity index (χ0n) is 15.9. The molecule has 1 aliphatic rings. The lowest BCUT2D eigenvalue weighted by atomic mass is 10.0. The predicted octanol–water partition coefficient (Wildman–Crippen LogP) is 4.15. The summed E-state index contributed by atoms with van der Waals surface area (Å²) in [5.41, 5.74) is 1.33. The number of halogens is 1. The third-order valence-corrected chi connectivity index (χ3v) is 5.72. The molecule has 1 aromatic heterocycles. The van der Waals surface area contributed by atoms with E-state index < -0.39 is 6.04 Å². The Balaban J connectivity index is 1.55. The number of carbonyl (C=O) groups excluding carboxylic acids is 2. The van der Waals surface area contributed by atoms with Crippen molar-refractivity contribution in [1.82, 2.24) is 5.32 Å². The van der Waals surface area contributed by atoms with Crippen LogP contribution in [0.2, 0.25) is 5.02 Å². The Morgan fingerprint density at radius 1 is 1.03 bits per heavy atom. The largest absolute Gasteiger partial charge is 0.486 e. The van der Waals surface area contributed by atoms with Crippen molar-refractivity contribution in [3.8, 4) is 11.5 Å². The van der Waals surface area contributed by atoms with Gasteiger partial charge < -0.3 is 20.1 Å². The molecule has 0 saturated heterocycles. The number of ether oxygens (including phenoxy) is 2. The first-order valence-corrected chi connectivity index (χ1v) is 10.6. The van der Waals surface area contributed by atoms with Gasteiger partial charge in [-0.25, -0.2) is 0 Å². The van der Waals surface area contributed by atoms with E-state index in [1.807, 2.05) is 35.7 Å². The van der Waals surface area contributed by atoms with Crippen LogP contribution in [-0.4, -0.2) is 31.1 Å². The van der Waals surface area contributed by atoms with Gasteiger partial charge in [-0.1, -0.05) is 48.0 Å². The van der Waals surface area contributed by atoms with Gasteiger partial charge in [0.15, 0.2) is 11.5 Å². The minimum Gasteiger partial charge on any atom is -0.486 e. The Morgan fingerprint density at radius 2 is 1.77 bits per heavy atom. The average molecular weight is 443 g/mol. The molecule has 0 spiro atoms. The van der Waals surface area contributed by atoms with Crippen LogP contribution in [0.3, 0.4) is 0 Å². The van der Waals surface area contributed by atoms with Crippen LogP contribution in [-0.2, 0) is 11.2 Å². The van der Waals surface area contributed by atoms with E-state index in [0.29, 0.717) is 46.7 Å². The molecule has 0 saturated carbocycles. The Hall–Kier alpha value is -3.03. The zero-order valence-corrected chi connectivity index (χ0v) is 17.5. The van der Waals surface area contributed by atoms with E-state index in [1.54, 1.807) is 24.3 Å². The molecule has 0 bridgehead atoms. The van der Waals surface area contributed by atoms with Crippen molar-refractivity contribution in [2.75, 3.05) is 18.5 Å². The highest BCUT2D eigenvalue weighted by molar-refractivity contribution is 7.12. The molecule has 1 unspecified atom stereocenters. The van der Waals surface area contributed by atoms with E-state index in [4.69, 9.17) is 21.1 Å². The molecular formula is C22H19ClN2O4S. The third kappa shape index (κ3) is 4.75. The second-order valence-electron chi connectivity index (χ2n) is 6.66. The molecule has 1 atom stereocenters. The highest BCUT2D eigenvalue weighted by atomic mass is 35.5. The Bertz CT molecular complexity index is 1040. The van der Waals surface area contributed by atoms with Crippen LogP contribution in [0.15, 0.2) is 60.0 Å². The molecule has 154 valence electrons. The fourth-order valence-corrected chi connectivity index (χ4v) is 3.90. The van der Waals surface area contributed by atoms with E-state index in [-0.39, 0.29) is 11.8 Å². The molecule has 2 heterocycles. The number of rotatable bonds is 6. The molecule has 30 heavy (non-hydrogen) atoms. The molecular weight excluding hydrogens is 424 g/mol. The van der Waals surface area contributed by atoms with Crippen LogP contribution in [0.5, 0.6) is 11.5 Å². The van der Waals surface area contributed by atoms with Crippen LogP contribution >= 0.6 is 22.9 Å². The highest BCUT2D eigenvalue weighted by Gasteiger charge is 2.24. The Kier molecular flexibility index (Phi) is 6.21. The maximum Gasteiger partial charge on any atom is 0.262 e. The van der Waals surface area contributed by atoms with E-state index in [2.05, 4.69) is 10.6 Å². The number of hydrogen-bond donors (Lipinski definition) is 2. The summed E-state index contributed by atoms with van der Waals surface area (Å²) in [6.45, 7) is 0.873. The number of benzene rings is 2. The van der Waals surface area contributed by atoms with Gasteiger partial charge in [0.2, 0.25) is 5.91 Å². The zero-order chi connectivity index (χ0) is 20.9. The lowest BCUT2D eigenvalue weighted by Crippen LogP contribution is -2.45. The molecule has 4 rings (SSSR count). The molecule has 2 amide bonds. The second-order valence-corrected chi connectivity index (χ2v) is 8.01. The van der Waals surface area contributed by atoms with Gasteiger partial charge >= 0.3 is 0 Å². The first-order valence-electron chi connectivity index (χ1n) is 9.38. The SMILES string of the molecule is O=C(NC(Cc1ccccc1)C(=O)Nc1cc2c(cc1Cl)OCCO2)c1cccs1. The summed E-state index contributed by atoms with van der Waals surface area (Å²) in [7, 11) is 0. The van der Waals surface area contributed by atoms with Crippen LogP contribution in [0.25, 0.3) is 0 Å². The average Bonchev–Trinajstić information content (AvgIpc) is 3.29. The first-order chi connectivity index (χ1) is 14.6. The third-order valence-electron chi connectivity index (χ3n) is 4.54. The topological polar surface area (TPSA) is 76.7 Å². The highest BCUT2D eigenvalue weighted by Crippen LogP contribution is 2.38. The number of carbonyl (C=O) groups is 2. The smallest absolute Gasteiger partial charge is 0.262 e. The Morgan fingerprint density at radius 3 is 2.47 bits per heavy atom. The van der Waals surface area contributed by atoms with Gasteiger partial charge in [0.25, 0.3) is 5.91 Å². The lowest BCUT2D eigenvalue weighted by molar-refractivity contribution is -0.118. The second kappa shape index (κ2) is 9.19. The molecule has 2 aromatic carbocycles. The summed E-state index contributed by atoms with van der Waals surface area (Å²) in [5.74, 6) is 0.385. The number of thiophene rings is 1. The summed E-state index contributed by atoms with van der Waals surface area (Å²) in [6.07, 6.45) is 0.339. The normalized spacial score (nSPS) is 13.4. The monoisotopic (exact) mass is 442 g/mol. The Labute approximate surface area is 182 Å². The van der Waals surface area contributed by atoms with Crippen molar-refractivity contribution in [2.45, 2.75) is 12.5 Å². The van der Waals surface area contributed by atoms with Crippen molar-refractivity contribution in [2.24, 2.45) is 0 Å².